The number of rotatable bonds is 12. The number of alkyl carbamates (subject to hydrolysis) is 1. The first-order valence-corrected chi connectivity index (χ1v) is 14.2. The van der Waals surface area contributed by atoms with Crippen molar-refractivity contribution in [3.8, 4) is 5.75 Å². The molecule has 2 rings (SSSR count). The summed E-state index contributed by atoms with van der Waals surface area (Å²) in [6.07, 6.45) is 7.92. The second kappa shape index (κ2) is 15.1. The van der Waals surface area contributed by atoms with Crippen LogP contribution in [0.15, 0.2) is 24.3 Å². The van der Waals surface area contributed by atoms with Gasteiger partial charge in [0.25, 0.3) is 0 Å². The van der Waals surface area contributed by atoms with E-state index in [2.05, 4.69) is 30.2 Å². The Balaban J connectivity index is 2.40. The fraction of sp³-hybridized carbons (Fsp3) is 0.679. The zero-order chi connectivity index (χ0) is 27.4. The minimum atomic E-state index is -1.04. The molecule has 1 aliphatic carbocycles. The average molecular weight is 536 g/mol. The maximum absolute atomic E-state index is 13.9. The van der Waals surface area contributed by atoms with Gasteiger partial charge in [-0.3, -0.25) is 9.59 Å². The predicted molar refractivity (Wildman–Crippen MR) is 149 cm³/mol. The zero-order valence-electron chi connectivity index (χ0n) is 22.8. The van der Waals surface area contributed by atoms with Crippen molar-refractivity contribution < 1.29 is 24.2 Å². The van der Waals surface area contributed by atoms with Gasteiger partial charge in [-0.05, 0) is 46.1 Å². The van der Waals surface area contributed by atoms with Gasteiger partial charge in [0, 0.05) is 23.9 Å². The van der Waals surface area contributed by atoms with Gasteiger partial charge in [-0.15, -0.1) is 0 Å². The van der Waals surface area contributed by atoms with E-state index in [0.717, 1.165) is 51.4 Å². The molecular weight excluding hydrogens is 490 g/mol. The van der Waals surface area contributed by atoms with Gasteiger partial charge in [-0.1, -0.05) is 63.6 Å². The molecule has 2 unspecified atom stereocenters. The van der Waals surface area contributed by atoms with Crippen molar-refractivity contribution in [2.45, 2.75) is 109 Å². The number of nitrogens with one attached hydrogen (secondary N) is 2. The van der Waals surface area contributed by atoms with Crippen molar-refractivity contribution in [3.05, 3.63) is 29.8 Å². The van der Waals surface area contributed by atoms with Crippen LogP contribution in [0, 0.1) is 0 Å². The number of hydrogen-bond acceptors (Lipinski definition) is 6. The van der Waals surface area contributed by atoms with E-state index < -0.39 is 29.7 Å². The van der Waals surface area contributed by atoms with E-state index in [1.807, 2.05) is 0 Å². The maximum Gasteiger partial charge on any atom is 0.408 e. The molecule has 1 fully saturated rings. The lowest BCUT2D eigenvalue weighted by molar-refractivity contribution is -0.142. The summed E-state index contributed by atoms with van der Waals surface area (Å²) >= 11 is 4.33. The minimum Gasteiger partial charge on any atom is -0.508 e. The summed E-state index contributed by atoms with van der Waals surface area (Å²) in [5.74, 6) is -0.793. The molecule has 3 amide bonds. The first-order chi connectivity index (χ1) is 17.6. The number of unbranched alkanes of at least 4 members (excludes halogenated alkanes) is 3. The van der Waals surface area contributed by atoms with Crippen LogP contribution in [0.5, 0.6) is 5.75 Å². The highest BCUT2D eigenvalue weighted by Crippen LogP contribution is 2.31. The van der Waals surface area contributed by atoms with Gasteiger partial charge in [0.05, 0.1) is 0 Å². The van der Waals surface area contributed by atoms with Crippen molar-refractivity contribution >= 4 is 30.5 Å². The summed E-state index contributed by atoms with van der Waals surface area (Å²) in [5.41, 5.74) is -0.373. The van der Waals surface area contributed by atoms with Crippen LogP contribution in [0.1, 0.15) is 97.1 Å². The molecule has 0 saturated heterocycles. The van der Waals surface area contributed by atoms with Gasteiger partial charge in [-0.25, -0.2) is 4.79 Å². The van der Waals surface area contributed by atoms with Crippen LogP contribution in [0.25, 0.3) is 0 Å². The van der Waals surface area contributed by atoms with Gasteiger partial charge in [-0.2, -0.15) is 12.6 Å². The number of amides is 3. The molecule has 1 aromatic carbocycles. The van der Waals surface area contributed by atoms with Crippen LogP contribution in [0.4, 0.5) is 4.79 Å². The fourth-order valence-corrected chi connectivity index (χ4v) is 4.85. The number of para-hydroxylation sites is 1. The van der Waals surface area contributed by atoms with Crippen LogP contribution in [0.2, 0.25) is 0 Å². The van der Waals surface area contributed by atoms with Crippen LogP contribution < -0.4 is 10.6 Å². The lowest BCUT2D eigenvalue weighted by Crippen LogP contribution is -2.54. The predicted octanol–water partition coefficient (Wildman–Crippen LogP) is 5.11. The van der Waals surface area contributed by atoms with Gasteiger partial charge in [0.15, 0.2) is 0 Å². The largest absolute Gasteiger partial charge is 0.508 e. The van der Waals surface area contributed by atoms with Gasteiger partial charge < -0.3 is 25.4 Å². The van der Waals surface area contributed by atoms with E-state index in [0.29, 0.717) is 18.5 Å². The van der Waals surface area contributed by atoms with E-state index in [4.69, 9.17) is 4.74 Å². The molecule has 0 heterocycles. The Morgan fingerprint density at radius 3 is 2.38 bits per heavy atom. The third-order valence-corrected chi connectivity index (χ3v) is 6.82. The molecule has 8 nitrogen and oxygen atoms in total. The van der Waals surface area contributed by atoms with Gasteiger partial charge >= 0.3 is 6.09 Å². The number of hydrogen-bond donors (Lipinski definition) is 4. The molecule has 1 aliphatic rings. The fourth-order valence-electron chi connectivity index (χ4n) is 4.61. The molecule has 208 valence electrons. The first kappa shape index (κ1) is 30.8. The third kappa shape index (κ3) is 10.1. The van der Waals surface area contributed by atoms with Crippen LogP contribution in [-0.4, -0.2) is 57.9 Å². The third-order valence-electron chi connectivity index (χ3n) is 6.45. The number of phenolic OH excluding ortho intramolecular Hbond substituents is 1. The number of phenols is 1. The van der Waals surface area contributed by atoms with Crippen LogP contribution in [0.3, 0.4) is 0 Å². The lowest BCUT2D eigenvalue weighted by Gasteiger charge is -2.35. The molecule has 0 spiro atoms. The molecular formula is C28H45N3O5S. The number of ether oxygens (including phenoxy) is 1. The minimum absolute atomic E-state index is 0.0290. The number of aromatic hydroxyl groups is 1. The Morgan fingerprint density at radius 1 is 1.11 bits per heavy atom. The van der Waals surface area contributed by atoms with Crippen molar-refractivity contribution in [3.63, 3.8) is 0 Å². The quantitative estimate of drug-likeness (QED) is 0.220. The summed E-state index contributed by atoms with van der Waals surface area (Å²) in [5, 5.41) is 16.5. The van der Waals surface area contributed by atoms with Crippen molar-refractivity contribution in [2.24, 2.45) is 0 Å². The van der Waals surface area contributed by atoms with Crippen LogP contribution in [-0.2, 0) is 14.3 Å². The Kier molecular flexibility index (Phi) is 12.6. The summed E-state index contributed by atoms with van der Waals surface area (Å²) in [7, 11) is 0. The smallest absolute Gasteiger partial charge is 0.408 e. The zero-order valence-corrected chi connectivity index (χ0v) is 23.7. The summed E-state index contributed by atoms with van der Waals surface area (Å²) in [6, 6.07) is 4.61. The summed E-state index contributed by atoms with van der Waals surface area (Å²) in [6.45, 7) is 7.64. The number of nitrogens with zero attached hydrogens (tertiary/aromatic N) is 1. The van der Waals surface area contributed by atoms with E-state index in [-0.39, 0.29) is 23.5 Å². The highest BCUT2D eigenvalue weighted by atomic mass is 32.1. The maximum atomic E-state index is 13.9. The molecule has 0 radical (unpaired) electrons. The highest BCUT2D eigenvalue weighted by molar-refractivity contribution is 7.80. The number of benzene rings is 1. The normalized spacial score (nSPS) is 15.9. The lowest BCUT2D eigenvalue weighted by atomic mass is 9.94. The second-order valence-electron chi connectivity index (χ2n) is 10.8. The van der Waals surface area contributed by atoms with Gasteiger partial charge in [0.1, 0.15) is 23.4 Å². The highest BCUT2D eigenvalue weighted by Gasteiger charge is 2.37. The number of thiol groups is 1. The molecule has 2 atom stereocenters. The molecule has 0 aromatic heterocycles. The van der Waals surface area contributed by atoms with E-state index in [1.165, 1.54) is 11.0 Å². The molecule has 0 bridgehead atoms. The molecule has 3 N–H and O–H groups in total. The Hall–Kier alpha value is -2.42. The SMILES string of the molecule is CCCCCCN(C(=O)C(CS)NC(=O)OC(C)(C)C)C(C(=O)NC1CCCCC1)c1ccccc1O. The standard InChI is InChI=1S/C28H45N3O5S/c1-5-6-7-13-18-31(26(34)22(19-37)30-27(35)36-28(2,3)4)24(21-16-11-12-17-23(21)32)25(33)29-20-14-9-8-10-15-20/h11-12,16-17,20,22,24,32,37H,5-10,13-15,18-19H2,1-4H3,(H,29,33)(H,30,35). The number of carbonyl (C=O) groups excluding carboxylic acids is 3. The van der Waals surface area contributed by atoms with Crippen molar-refractivity contribution in [2.75, 3.05) is 12.3 Å². The molecule has 1 aromatic rings. The number of carbonyl (C=O) groups is 3. The Labute approximate surface area is 227 Å². The molecule has 0 aliphatic heterocycles. The molecule has 37 heavy (non-hydrogen) atoms. The summed E-state index contributed by atoms with van der Waals surface area (Å²) in [4.78, 5) is 41.7. The van der Waals surface area contributed by atoms with Crippen molar-refractivity contribution in [1.82, 2.24) is 15.5 Å². The van der Waals surface area contributed by atoms with E-state index in [9.17, 15) is 19.5 Å². The molecule has 1 saturated carbocycles. The van der Waals surface area contributed by atoms with Crippen LogP contribution >= 0.6 is 12.6 Å². The summed E-state index contributed by atoms with van der Waals surface area (Å²) < 4.78 is 5.35. The molecule has 9 heteroatoms. The monoisotopic (exact) mass is 535 g/mol. The van der Waals surface area contributed by atoms with Gasteiger partial charge in [0.2, 0.25) is 11.8 Å². The van der Waals surface area contributed by atoms with Crippen molar-refractivity contribution in [1.29, 1.82) is 0 Å². The van der Waals surface area contributed by atoms with E-state index in [1.54, 1.807) is 39.0 Å². The topological polar surface area (TPSA) is 108 Å². The van der Waals surface area contributed by atoms with E-state index >= 15 is 0 Å². The second-order valence-corrected chi connectivity index (χ2v) is 11.1. The Bertz CT molecular complexity index is 883. The first-order valence-electron chi connectivity index (χ1n) is 13.6. The average Bonchev–Trinajstić information content (AvgIpc) is 2.84. The Morgan fingerprint density at radius 2 is 1.78 bits per heavy atom.